The number of amides is 3. The molecule has 1 saturated heterocycles. The van der Waals surface area contributed by atoms with Crippen LogP contribution in [0.25, 0.3) is 15.9 Å². The summed E-state index contributed by atoms with van der Waals surface area (Å²) in [6.45, 7) is 8.18. The number of nitrogens with zero attached hydrogens (tertiary/aromatic N) is 6. The van der Waals surface area contributed by atoms with Crippen molar-refractivity contribution in [3.63, 3.8) is 0 Å². The number of alkyl halides is 3. The Labute approximate surface area is 312 Å². The molecule has 1 atom stereocenters. The zero-order valence-corrected chi connectivity index (χ0v) is 31.1. The Balaban J connectivity index is 1.31. The molecule has 290 valence electrons. The van der Waals surface area contributed by atoms with Crippen molar-refractivity contribution in [3.8, 4) is 11.5 Å². The van der Waals surface area contributed by atoms with Crippen LogP contribution in [0, 0.1) is 0 Å². The number of rotatable bonds is 11. The minimum atomic E-state index is -4.59. The number of thiazole rings is 1. The molecule has 3 aromatic rings. The molecule has 14 nitrogen and oxygen atoms in total. The van der Waals surface area contributed by atoms with Gasteiger partial charge in [0.2, 0.25) is 17.2 Å². The Morgan fingerprint density at radius 1 is 1.15 bits per heavy atom. The lowest BCUT2D eigenvalue weighted by Crippen LogP contribution is -2.50. The van der Waals surface area contributed by atoms with Crippen molar-refractivity contribution in [1.29, 1.82) is 0 Å². The molecule has 0 spiro atoms. The number of ether oxygens (including phenoxy) is 2. The van der Waals surface area contributed by atoms with E-state index in [0.29, 0.717) is 71.5 Å². The predicted octanol–water partition coefficient (Wildman–Crippen LogP) is 3.29. The van der Waals surface area contributed by atoms with E-state index in [0.717, 1.165) is 5.57 Å². The van der Waals surface area contributed by atoms with Crippen LogP contribution in [0.3, 0.4) is 0 Å². The molecular weight excluding hydrogens is 731 g/mol. The smallest absolute Gasteiger partial charge is 0.412 e. The van der Waals surface area contributed by atoms with Crippen LogP contribution in [0.1, 0.15) is 53.4 Å². The minimum Gasteiger partial charge on any atom is -0.505 e. The van der Waals surface area contributed by atoms with Crippen LogP contribution < -0.4 is 20.4 Å². The molecule has 54 heavy (non-hydrogen) atoms. The van der Waals surface area contributed by atoms with E-state index in [9.17, 15) is 37.5 Å². The highest BCUT2D eigenvalue weighted by Crippen LogP contribution is 2.36. The third kappa shape index (κ3) is 7.80. The molecule has 18 heteroatoms. The van der Waals surface area contributed by atoms with Crippen LogP contribution in [-0.4, -0.2) is 119 Å². The summed E-state index contributed by atoms with van der Waals surface area (Å²) in [5.74, 6) is -0.894. The summed E-state index contributed by atoms with van der Waals surface area (Å²) in [6.07, 6.45) is -0.485. The van der Waals surface area contributed by atoms with Crippen molar-refractivity contribution >= 4 is 50.7 Å². The van der Waals surface area contributed by atoms with E-state index in [1.807, 2.05) is 17.9 Å². The molecule has 3 aromatic heterocycles. The SMILES string of the molecule is C=C(CC(C)NC(=O)Cn1c(CC)c(N2CCN(C(=O)c3ncc4c(c3O)CCO4)CC2)c(=O)c2nc(C3=CCN(C(=O)COC)CC3)sc21)C(F)(F)F. The maximum absolute atomic E-state index is 14.4. The number of piperazine rings is 1. The number of fused-ring (bicyclic) bond motifs is 2. The Bertz CT molecular complexity index is 2070. The minimum absolute atomic E-state index is 0.0390. The Morgan fingerprint density at radius 3 is 2.54 bits per heavy atom. The zero-order chi connectivity index (χ0) is 38.9. The number of nitrogens with one attached hydrogen (secondary N) is 1. The van der Waals surface area contributed by atoms with E-state index in [-0.39, 0.29) is 67.6 Å². The van der Waals surface area contributed by atoms with Gasteiger partial charge >= 0.3 is 6.18 Å². The third-order valence-corrected chi connectivity index (χ3v) is 11.0. The lowest BCUT2D eigenvalue weighted by Gasteiger charge is -2.37. The molecule has 3 aliphatic heterocycles. The van der Waals surface area contributed by atoms with Crippen molar-refractivity contribution in [2.75, 3.05) is 64.5 Å². The molecule has 3 aliphatic rings. The number of pyridine rings is 2. The first-order valence-electron chi connectivity index (χ1n) is 17.7. The topological polar surface area (TPSA) is 159 Å². The number of carbonyl (C=O) groups excluding carboxylic acids is 3. The molecule has 0 aromatic carbocycles. The monoisotopic (exact) mass is 773 g/mol. The van der Waals surface area contributed by atoms with Crippen LogP contribution in [0.5, 0.6) is 11.5 Å². The van der Waals surface area contributed by atoms with Crippen LogP contribution in [0.2, 0.25) is 0 Å². The summed E-state index contributed by atoms with van der Waals surface area (Å²) in [5, 5.41) is 14.0. The third-order valence-electron chi connectivity index (χ3n) is 9.80. The fourth-order valence-corrected chi connectivity index (χ4v) is 8.18. The van der Waals surface area contributed by atoms with Gasteiger partial charge in [-0.1, -0.05) is 30.9 Å². The lowest BCUT2D eigenvalue weighted by atomic mass is 10.1. The molecule has 2 N–H and O–H groups in total. The largest absolute Gasteiger partial charge is 0.505 e. The molecule has 6 heterocycles. The van der Waals surface area contributed by atoms with Gasteiger partial charge in [-0.25, -0.2) is 9.97 Å². The van der Waals surface area contributed by atoms with Gasteiger partial charge in [-0.15, -0.1) is 0 Å². The van der Waals surface area contributed by atoms with Gasteiger partial charge in [0, 0.05) is 75.7 Å². The summed E-state index contributed by atoms with van der Waals surface area (Å²) in [6, 6.07) is -0.864. The fourth-order valence-electron chi connectivity index (χ4n) is 7.02. The van der Waals surface area contributed by atoms with Crippen LogP contribution >= 0.6 is 11.3 Å². The molecular formula is C36H42F3N7O7S. The van der Waals surface area contributed by atoms with Crippen molar-refractivity contribution < 1.29 is 42.1 Å². The number of carbonyl (C=O) groups is 3. The van der Waals surface area contributed by atoms with Gasteiger partial charge in [-0.05, 0) is 31.8 Å². The van der Waals surface area contributed by atoms with E-state index in [4.69, 9.17) is 14.5 Å². The molecule has 1 fully saturated rings. The molecule has 1 unspecified atom stereocenters. The first-order valence-corrected chi connectivity index (χ1v) is 18.5. The quantitative estimate of drug-likeness (QED) is 0.277. The Hall–Kier alpha value is -4.97. The fraction of sp³-hybridized carbons (Fsp3) is 0.500. The van der Waals surface area contributed by atoms with Gasteiger partial charge in [0.1, 0.15) is 39.9 Å². The second-order valence-electron chi connectivity index (χ2n) is 13.4. The summed E-state index contributed by atoms with van der Waals surface area (Å²) < 4.78 is 51.6. The van der Waals surface area contributed by atoms with Gasteiger partial charge in [-0.2, -0.15) is 13.2 Å². The van der Waals surface area contributed by atoms with Crippen molar-refractivity contribution in [1.82, 2.24) is 29.7 Å². The van der Waals surface area contributed by atoms with Gasteiger partial charge < -0.3 is 39.2 Å². The summed E-state index contributed by atoms with van der Waals surface area (Å²) in [4.78, 5) is 68.2. The van der Waals surface area contributed by atoms with Crippen molar-refractivity contribution in [3.05, 3.63) is 56.6 Å². The van der Waals surface area contributed by atoms with Crippen LogP contribution in [-0.2, 0) is 33.7 Å². The van der Waals surface area contributed by atoms with E-state index >= 15 is 0 Å². The number of hydrogen-bond donors (Lipinski definition) is 2. The van der Waals surface area contributed by atoms with Crippen LogP contribution in [0.4, 0.5) is 18.9 Å². The second kappa shape index (κ2) is 15.8. The predicted molar refractivity (Wildman–Crippen MR) is 195 cm³/mol. The summed E-state index contributed by atoms with van der Waals surface area (Å²) in [5.41, 5.74) is 1.02. The molecule has 0 saturated carbocycles. The van der Waals surface area contributed by atoms with E-state index in [1.165, 1.54) is 31.6 Å². The molecule has 0 bridgehead atoms. The summed E-state index contributed by atoms with van der Waals surface area (Å²) in [7, 11) is 1.45. The average Bonchev–Trinajstić information content (AvgIpc) is 3.81. The van der Waals surface area contributed by atoms with Gasteiger partial charge in [0.25, 0.3) is 5.91 Å². The summed E-state index contributed by atoms with van der Waals surface area (Å²) >= 11 is 1.24. The second-order valence-corrected chi connectivity index (χ2v) is 14.4. The van der Waals surface area contributed by atoms with Gasteiger partial charge in [0.15, 0.2) is 11.4 Å². The average molecular weight is 774 g/mol. The number of halogens is 3. The number of hydrogen-bond acceptors (Lipinski definition) is 11. The maximum atomic E-state index is 14.4. The first kappa shape index (κ1) is 38.7. The first-order chi connectivity index (χ1) is 25.7. The van der Waals surface area contributed by atoms with Crippen molar-refractivity contribution in [2.24, 2.45) is 0 Å². The highest BCUT2D eigenvalue weighted by atomic mass is 32.1. The van der Waals surface area contributed by atoms with Gasteiger partial charge in [-0.3, -0.25) is 19.2 Å². The van der Waals surface area contributed by atoms with E-state index in [2.05, 4.69) is 16.9 Å². The standard InChI is InChI=1S/C36H42F3N7O7S/c1-5-24-30(44-11-13-45(14-12-44)34(51)28-31(49)23-8-15-53-25(23)17-40-28)32(50)29-35(46(24)18-26(47)41-21(3)16-20(2)36(37,38)39)54-33(42-29)22-6-9-43(10-7-22)27(48)19-52-4/h6,17,21,49H,2,5,7-16,18-19H2,1,3-4H3,(H,41,47). The normalized spacial score (nSPS) is 16.6. The van der Waals surface area contributed by atoms with E-state index in [1.54, 1.807) is 14.4 Å². The number of anilines is 1. The highest BCUT2D eigenvalue weighted by molar-refractivity contribution is 7.19. The molecule has 6 rings (SSSR count). The molecule has 0 radical (unpaired) electrons. The highest BCUT2D eigenvalue weighted by Gasteiger charge is 2.34. The zero-order valence-electron chi connectivity index (χ0n) is 30.3. The van der Waals surface area contributed by atoms with Crippen molar-refractivity contribution in [2.45, 2.75) is 58.3 Å². The van der Waals surface area contributed by atoms with Crippen LogP contribution in [0.15, 0.2) is 29.2 Å². The Kier molecular flexibility index (Phi) is 11.3. The lowest BCUT2D eigenvalue weighted by molar-refractivity contribution is -0.134. The van der Waals surface area contributed by atoms with Gasteiger partial charge in [0.05, 0.1) is 12.8 Å². The molecule has 0 aliphatic carbocycles. The molecule has 3 amide bonds. The number of aromatic nitrogens is 3. The maximum Gasteiger partial charge on any atom is 0.412 e. The Morgan fingerprint density at radius 2 is 1.89 bits per heavy atom. The number of methoxy groups -OCH3 is 1. The number of aromatic hydroxyl groups is 1. The van der Waals surface area contributed by atoms with E-state index < -0.39 is 36.0 Å².